The Labute approximate surface area is 155 Å². The number of nitriles is 1. The van der Waals surface area contributed by atoms with E-state index in [2.05, 4.69) is 21.6 Å². The SMILES string of the molecule is Cc1ccc(C)c(NN=C(C#N)c2nc(-c3ccc(Cl)cc3)cs2)c1. The van der Waals surface area contributed by atoms with E-state index in [1.54, 1.807) is 0 Å². The summed E-state index contributed by atoms with van der Waals surface area (Å²) in [5.74, 6) is 0. The molecular weight excluding hydrogens is 352 g/mol. The highest BCUT2D eigenvalue weighted by atomic mass is 35.5. The molecule has 0 spiro atoms. The first kappa shape index (κ1) is 17.2. The van der Waals surface area contributed by atoms with Gasteiger partial charge in [0.15, 0.2) is 10.7 Å². The van der Waals surface area contributed by atoms with Crippen molar-refractivity contribution in [2.75, 3.05) is 5.43 Å². The van der Waals surface area contributed by atoms with Crippen LogP contribution in [0.2, 0.25) is 5.02 Å². The van der Waals surface area contributed by atoms with Crippen LogP contribution in [0.4, 0.5) is 5.69 Å². The number of thiazole rings is 1. The molecule has 0 unspecified atom stereocenters. The van der Waals surface area contributed by atoms with Crippen molar-refractivity contribution in [3.8, 4) is 17.3 Å². The minimum atomic E-state index is 0.256. The predicted octanol–water partition coefficient (Wildman–Crippen LogP) is 5.42. The maximum Gasteiger partial charge on any atom is 0.196 e. The Balaban J connectivity index is 1.85. The molecule has 0 saturated heterocycles. The lowest BCUT2D eigenvalue weighted by molar-refractivity contribution is 1.27. The molecule has 0 bridgehead atoms. The Morgan fingerprint density at radius 3 is 2.68 bits per heavy atom. The zero-order valence-electron chi connectivity index (χ0n) is 13.7. The van der Waals surface area contributed by atoms with E-state index in [9.17, 15) is 5.26 Å². The number of anilines is 1. The standard InChI is InChI=1S/C19H15ClN4S/c1-12-3-4-13(2)16(9-12)23-24-17(10-21)19-22-18(11-25-19)14-5-7-15(20)8-6-14/h3-9,11,23H,1-2H3. The van der Waals surface area contributed by atoms with Crippen molar-refractivity contribution in [3.63, 3.8) is 0 Å². The maximum absolute atomic E-state index is 9.43. The number of aromatic nitrogens is 1. The Bertz CT molecular complexity index is 968. The smallest absolute Gasteiger partial charge is 0.196 e. The molecule has 2 aromatic carbocycles. The Morgan fingerprint density at radius 1 is 1.20 bits per heavy atom. The summed E-state index contributed by atoms with van der Waals surface area (Å²) in [5, 5.41) is 16.8. The van der Waals surface area contributed by atoms with Crippen molar-refractivity contribution in [3.05, 3.63) is 69.0 Å². The second-order valence-corrected chi connectivity index (χ2v) is 6.84. The molecule has 1 heterocycles. The van der Waals surface area contributed by atoms with Gasteiger partial charge in [-0.05, 0) is 43.2 Å². The van der Waals surface area contributed by atoms with Crippen LogP contribution in [-0.2, 0) is 0 Å². The molecule has 0 aliphatic rings. The fraction of sp³-hybridized carbons (Fsp3) is 0.105. The quantitative estimate of drug-likeness (QED) is 0.495. The van der Waals surface area contributed by atoms with Crippen LogP contribution in [0.5, 0.6) is 0 Å². The number of hydrogen-bond acceptors (Lipinski definition) is 5. The summed E-state index contributed by atoms with van der Waals surface area (Å²) >= 11 is 7.30. The molecular formula is C19H15ClN4S. The van der Waals surface area contributed by atoms with E-state index in [1.807, 2.05) is 61.7 Å². The highest BCUT2D eigenvalue weighted by Gasteiger charge is 2.11. The van der Waals surface area contributed by atoms with Crippen LogP contribution in [0.3, 0.4) is 0 Å². The summed E-state index contributed by atoms with van der Waals surface area (Å²) in [5.41, 5.74) is 8.04. The van der Waals surface area contributed by atoms with E-state index in [0.717, 1.165) is 28.1 Å². The average Bonchev–Trinajstić information content (AvgIpc) is 3.09. The van der Waals surface area contributed by atoms with E-state index in [-0.39, 0.29) is 5.71 Å². The second kappa shape index (κ2) is 7.47. The lowest BCUT2D eigenvalue weighted by Gasteiger charge is -2.06. The van der Waals surface area contributed by atoms with Crippen molar-refractivity contribution in [1.29, 1.82) is 5.26 Å². The molecule has 4 nitrogen and oxygen atoms in total. The van der Waals surface area contributed by atoms with Crippen LogP contribution in [0.1, 0.15) is 16.1 Å². The van der Waals surface area contributed by atoms with Crippen molar-refractivity contribution in [2.45, 2.75) is 13.8 Å². The number of nitrogens with zero attached hydrogens (tertiary/aromatic N) is 3. The molecule has 3 aromatic rings. The summed E-state index contributed by atoms with van der Waals surface area (Å²) in [6.07, 6.45) is 0. The van der Waals surface area contributed by atoms with Gasteiger partial charge in [0.05, 0.1) is 11.4 Å². The van der Waals surface area contributed by atoms with Gasteiger partial charge in [-0.1, -0.05) is 35.9 Å². The highest BCUT2D eigenvalue weighted by molar-refractivity contribution is 7.12. The first-order chi connectivity index (χ1) is 12.1. The highest BCUT2D eigenvalue weighted by Crippen LogP contribution is 2.24. The van der Waals surface area contributed by atoms with Gasteiger partial charge in [-0.15, -0.1) is 11.3 Å². The zero-order chi connectivity index (χ0) is 17.8. The molecule has 0 aliphatic carbocycles. The molecule has 6 heteroatoms. The number of hydrogen-bond donors (Lipinski definition) is 1. The van der Waals surface area contributed by atoms with Crippen LogP contribution in [0, 0.1) is 25.2 Å². The summed E-state index contributed by atoms with van der Waals surface area (Å²) in [7, 11) is 0. The van der Waals surface area contributed by atoms with Gasteiger partial charge in [-0.2, -0.15) is 10.4 Å². The monoisotopic (exact) mass is 366 g/mol. The third-order valence-electron chi connectivity index (χ3n) is 3.63. The van der Waals surface area contributed by atoms with Crippen molar-refractivity contribution in [2.24, 2.45) is 5.10 Å². The van der Waals surface area contributed by atoms with Gasteiger partial charge >= 0.3 is 0 Å². The molecule has 25 heavy (non-hydrogen) atoms. The number of benzene rings is 2. The molecule has 3 rings (SSSR count). The second-order valence-electron chi connectivity index (χ2n) is 5.55. The van der Waals surface area contributed by atoms with Gasteiger partial charge in [0, 0.05) is 16.0 Å². The number of aryl methyl sites for hydroxylation is 2. The Kier molecular flexibility index (Phi) is 5.13. The van der Waals surface area contributed by atoms with Crippen LogP contribution in [0.25, 0.3) is 11.3 Å². The van der Waals surface area contributed by atoms with Crippen molar-refractivity contribution < 1.29 is 0 Å². The lowest BCUT2D eigenvalue weighted by atomic mass is 10.1. The van der Waals surface area contributed by atoms with Gasteiger partial charge in [0.2, 0.25) is 0 Å². The minimum Gasteiger partial charge on any atom is -0.277 e. The molecule has 0 saturated carbocycles. The lowest BCUT2D eigenvalue weighted by Crippen LogP contribution is -2.02. The van der Waals surface area contributed by atoms with E-state index >= 15 is 0 Å². The van der Waals surface area contributed by atoms with Crippen molar-refractivity contribution in [1.82, 2.24) is 4.98 Å². The summed E-state index contributed by atoms with van der Waals surface area (Å²) in [4.78, 5) is 4.52. The van der Waals surface area contributed by atoms with Gasteiger partial charge < -0.3 is 0 Å². The molecule has 0 aliphatic heterocycles. The molecule has 1 aromatic heterocycles. The van der Waals surface area contributed by atoms with E-state index in [4.69, 9.17) is 11.6 Å². The average molecular weight is 367 g/mol. The maximum atomic E-state index is 9.43. The van der Waals surface area contributed by atoms with Gasteiger partial charge in [-0.25, -0.2) is 4.98 Å². The molecule has 0 amide bonds. The van der Waals surface area contributed by atoms with Gasteiger partial charge in [0.25, 0.3) is 0 Å². The molecule has 0 radical (unpaired) electrons. The zero-order valence-corrected chi connectivity index (χ0v) is 15.3. The number of rotatable bonds is 4. The topological polar surface area (TPSA) is 61.1 Å². The van der Waals surface area contributed by atoms with Gasteiger partial charge in [0.1, 0.15) is 6.07 Å². The fourth-order valence-electron chi connectivity index (χ4n) is 2.23. The van der Waals surface area contributed by atoms with Crippen LogP contribution < -0.4 is 5.43 Å². The van der Waals surface area contributed by atoms with Crippen LogP contribution >= 0.6 is 22.9 Å². The fourth-order valence-corrected chi connectivity index (χ4v) is 3.12. The third kappa shape index (κ3) is 4.05. The molecule has 124 valence electrons. The van der Waals surface area contributed by atoms with E-state index in [1.165, 1.54) is 11.3 Å². The number of nitrogens with one attached hydrogen (secondary N) is 1. The largest absolute Gasteiger partial charge is 0.277 e. The molecule has 0 fully saturated rings. The predicted molar refractivity (Wildman–Crippen MR) is 104 cm³/mol. The van der Waals surface area contributed by atoms with Crippen molar-refractivity contribution >= 4 is 34.3 Å². The normalized spacial score (nSPS) is 11.2. The summed E-state index contributed by atoms with van der Waals surface area (Å²) < 4.78 is 0. The first-order valence-electron chi connectivity index (χ1n) is 7.59. The van der Waals surface area contributed by atoms with Crippen LogP contribution in [-0.4, -0.2) is 10.7 Å². The number of hydrazone groups is 1. The summed E-state index contributed by atoms with van der Waals surface area (Å²) in [6.45, 7) is 4.00. The first-order valence-corrected chi connectivity index (χ1v) is 8.85. The van der Waals surface area contributed by atoms with Gasteiger partial charge in [-0.3, -0.25) is 5.43 Å². The third-order valence-corrected chi connectivity index (χ3v) is 4.73. The van der Waals surface area contributed by atoms with E-state index in [0.29, 0.717) is 10.0 Å². The Hall–Kier alpha value is -2.68. The molecule has 1 N–H and O–H groups in total. The Morgan fingerprint density at radius 2 is 1.96 bits per heavy atom. The summed E-state index contributed by atoms with van der Waals surface area (Å²) in [6, 6.07) is 15.6. The van der Waals surface area contributed by atoms with Crippen LogP contribution in [0.15, 0.2) is 52.9 Å². The van der Waals surface area contributed by atoms with E-state index < -0.39 is 0 Å². The molecule has 0 atom stereocenters. The number of halogens is 1. The minimum absolute atomic E-state index is 0.256.